The fourth-order valence-corrected chi connectivity index (χ4v) is 8.50. The Morgan fingerprint density at radius 1 is 1.00 bits per heavy atom. The third kappa shape index (κ3) is 10.6. The topological polar surface area (TPSA) is 62.9 Å². The Balaban J connectivity index is 1.25. The fraction of sp³-hybridized carbons (Fsp3) is 0.457. The first-order valence-electron chi connectivity index (χ1n) is 20.1. The van der Waals surface area contributed by atoms with Crippen molar-refractivity contribution in [3.63, 3.8) is 0 Å². The molecule has 0 saturated carbocycles. The molecule has 54 heavy (non-hydrogen) atoms. The molecule has 1 fully saturated rings. The van der Waals surface area contributed by atoms with Crippen LogP contribution < -0.4 is 9.64 Å². The molecule has 1 aromatic heterocycles. The van der Waals surface area contributed by atoms with Gasteiger partial charge in [0.2, 0.25) is 0 Å². The zero-order chi connectivity index (χ0) is 37.7. The van der Waals surface area contributed by atoms with Gasteiger partial charge in [-0.05, 0) is 135 Å². The molecule has 2 aliphatic heterocycles. The zero-order valence-corrected chi connectivity index (χ0v) is 33.8. The summed E-state index contributed by atoms with van der Waals surface area (Å²) in [5, 5.41) is 0. The molecule has 4 aromatic rings. The van der Waals surface area contributed by atoms with E-state index in [2.05, 4.69) is 116 Å². The number of nitrogens with zero attached hydrogens (tertiary/aromatic N) is 3. The largest absolute Gasteiger partial charge is 0.491 e. The summed E-state index contributed by atoms with van der Waals surface area (Å²) < 4.78 is 17.3. The lowest BCUT2D eigenvalue weighted by Crippen LogP contribution is -2.34. The standard InChI is InChI=1S/C46H60N4O3S/c1-6-9-24-51-27-28-53-40-15-12-36(13-16-40)37-14-19-44-39(29-37)30-38(11-10-23-50(44)32-35-20-25-52-26-21-35)46-47-42-18-17-41(31-43(42)48-46)54-33-45(34(4)5)49(8-3)22-7-2/h8,12-19,29-31,35H,3,6-7,9-11,20-28,32-33H2,1-2,4-5H3,(H,47,48)/b38-30+. The minimum Gasteiger partial charge on any atom is -0.491 e. The Hall–Kier alpha value is -3.98. The lowest BCUT2D eigenvalue weighted by Gasteiger charge is -2.33. The van der Waals surface area contributed by atoms with Gasteiger partial charge >= 0.3 is 0 Å². The molecule has 0 radical (unpaired) electrons. The van der Waals surface area contributed by atoms with Gasteiger partial charge in [-0.2, -0.15) is 0 Å². The molecule has 0 spiro atoms. The minimum absolute atomic E-state index is 0.560. The number of aromatic amines is 1. The number of imidazole rings is 1. The molecule has 0 aliphatic carbocycles. The second kappa shape index (κ2) is 20.1. The highest BCUT2D eigenvalue weighted by molar-refractivity contribution is 7.99. The number of ether oxygens (including phenoxy) is 3. The summed E-state index contributed by atoms with van der Waals surface area (Å²) in [6, 6.07) is 22.1. The maximum absolute atomic E-state index is 5.97. The van der Waals surface area contributed by atoms with E-state index in [0.29, 0.717) is 19.1 Å². The van der Waals surface area contributed by atoms with Crippen molar-refractivity contribution in [2.24, 2.45) is 5.92 Å². The summed E-state index contributed by atoms with van der Waals surface area (Å²) >= 11 is 1.87. The Kier molecular flexibility index (Phi) is 14.8. The number of H-pyrrole nitrogens is 1. The van der Waals surface area contributed by atoms with E-state index < -0.39 is 0 Å². The second-order valence-corrected chi connectivity index (χ2v) is 15.8. The number of thioether (sulfide) groups is 1. The lowest BCUT2D eigenvalue weighted by molar-refractivity contribution is 0.0682. The molecule has 0 atom stereocenters. The van der Waals surface area contributed by atoms with E-state index in [1.165, 1.54) is 44.1 Å². The van der Waals surface area contributed by atoms with Crippen molar-refractivity contribution >= 4 is 40.1 Å². The molecule has 6 rings (SSSR count). The van der Waals surface area contributed by atoms with Crippen LogP contribution in [0.2, 0.25) is 0 Å². The summed E-state index contributed by atoms with van der Waals surface area (Å²) in [6.07, 6.45) is 12.0. The molecule has 1 saturated heterocycles. The quantitative estimate of drug-likeness (QED) is 0.0803. The molecular formula is C46H60N4O3S. The van der Waals surface area contributed by atoms with Crippen molar-refractivity contribution in [2.45, 2.75) is 77.5 Å². The van der Waals surface area contributed by atoms with Crippen LogP contribution in [0.25, 0.3) is 33.8 Å². The molecule has 2 aliphatic rings. The van der Waals surface area contributed by atoms with Crippen molar-refractivity contribution in [1.82, 2.24) is 14.9 Å². The number of benzene rings is 3. The SMILES string of the molecule is C=CN(CCC)C(CSc1ccc2nc(/C3=C/c4cc(-c5ccc(OCCOCCCC)cc5)ccc4N(CC4CCOCC4)CCC3)[nH]c2c1)=C(C)C. The van der Waals surface area contributed by atoms with E-state index in [4.69, 9.17) is 19.2 Å². The first-order chi connectivity index (χ1) is 26.4. The highest BCUT2D eigenvalue weighted by Crippen LogP contribution is 2.36. The second-order valence-electron chi connectivity index (χ2n) is 14.8. The van der Waals surface area contributed by atoms with E-state index >= 15 is 0 Å². The summed E-state index contributed by atoms with van der Waals surface area (Å²) in [6.45, 7) is 19.6. The van der Waals surface area contributed by atoms with Crippen LogP contribution in [0.5, 0.6) is 5.75 Å². The fourth-order valence-electron chi connectivity index (χ4n) is 7.38. The normalized spacial score (nSPS) is 15.9. The van der Waals surface area contributed by atoms with Crippen LogP contribution in [0, 0.1) is 5.92 Å². The highest BCUT2D eigenvalue weighted by Gasteiger charge is 2.22. The Labute approximate surface area is 327 Å². The van der Waals surface area contributed by atoms with Crippen LogP contribution in [0.3, 0.4) is 0 Å². The van der Waals surface area contributed by atoms with Gasteiger partial charge in [-0.1, -0.05) is 50.6 Å². The molecule has 0 unspecified atom stereocenters. The highest BCUT2D eigenvalue weighted by atomic mass is 32.2. The minimum atomic E-state index is 0.560. The molecule has 1 N–H and O–H groups in total. The van der Waals surface area contributed by atoms with Gasteiger partial charge in [-0.25, -0.2) is 4.98 Å². The van der Waals surface area contributed by atoms with Gasteiger partial charge in [0.05, 0.1) is 17.6 Å². The van der Waals surface area contributed by atoms with Crippen molar-refractivity contribution < 1.29 is 14.2 Å². The number of aromatic nitrogens is 2. The zero-order valence-electron chi connectivity index (χ0n) is 33.0. The molecule has 7 nitrogen and oxygen atoms in total. The molecule has 0 amide bonds. The van der Waals surface area contributed by atoms with Crippen molar-refractivity contribution in [3.8, 4) is 16.9 Å². The molecule has 3 aromatic carbocycles. The summed E-state index contributed by atoms with van der Waals surface area (Å²) in [5.41, 5.74) is 10.9. The van der Waals surface area contributed by atoms with E-state index in [-0.39, 0.29) is 0 Å². The lowest BCUT2D eigenvalue weighted by atomic mass is 9.94. The number of unbranched alkanes of at least 4 members (excludes halogenated alkanes) is 1. The Morgan fingerprint density at radius 2 is 1.81 bits per heavy atom. The van der Waals surface area contributed by atoms with Crippen molar-refractivity contribution in [3.05, 3.63) is 96.1 Å². The Bertz CT molecular complexity index is 1870. The molecular weight excluding hydrogens is 689 g/mol. The van der Waals surface area contributed by atoms with Crippen LogP contribution in [-0.4, -0.2) is 73.3 Å². The average Bonchev–Trinajstić information content (AvgIpc) is 3.61. The van der Waals surface area contributed by atoms with Gasteiger partial charge in [0, 0.05) is 61.5 Å². The van der Waals surface area contributed by atoms with E-state index in [9.17, 15) is 0 Å². The predicted molar refractivity (Wildman–Crippen MR) is 228 cm³/mol. The van der Waals surface area contributed by atoms with E-state index in [1.54, 1.807) is 0 Å². The summed E-state index contributed by atoms with van der Waals surface area (Å²) in [5.74, 6) is 3.39. The number of allylic oxidation sites excluding steroid dienone is 2. The number of nitrogens with one attached hydrogen (secondary N) is 1. The number of hydrogen-bond acceptors (Lipinski definition) is 7. The monoisotopic (exact) mass is 748 g/mol. The van der Waals surface area contributed by atoms with Crippen LogP contribution in [0.4, 0.5) is 5.69 Å². The number of hydrogen-bond donors (Lipinski definition) is 1. The molecule has 3 heterocycles. The third-order valence-corrected chi connectivity index (χ3v) is 11.5. The smallest absolute Gasteiger partial charge is 0.134 e. The van der Waals surface area contributed by atoms with Crippen LogP contribution in [0.1, 0.15) is 84.0 Å². The Morgan fingerprint density at radius 3 is 2.57 bits per heavy atom. The molecule has 288 valence electrons. The summed E-state index contributed by atoms with van der Waals surface area (Å²) in [7, 11) is 0. The predicted octanol–water partition coefficient (Wildman–Crippen LogP) is 11.2. The maximum Gasteiger partial charge on any atom is 0.134 e. The van der Waals surface area contributed by atoms with Crippen molar-refractivity contribution in [2.75, 3.05) is 63.3 Å². The van der Waals surface area contributed by atoms with Gasteiger partial charge in [-0.15, -0.1) is 11.8 Å². The van der Waals surface area contributed by atoms with E-state index in [0.717, 1.165) is 113 Å². The number of fused-ring (bicyclic) bond motifs is 2. The molecule has 0 bridgehead atoms. The third-order valence-electron chi connectivity index (χ3n) is 10.5. The van der Waals surface area contributed by atoms with Crippen LogP contribution in [-0.2, 0) is 9.47 Å². The average molecular weight is 749 g/mol. The van der Waals surface area contributed by atoms with Gasteiger partial charge in [0.1, 0.15) is 18.2 Å². The van der Waals surface area contributed by atoms with Gasteiger partial charge in [-0.3, -0.25) is 0 Å². The van der Waals surface area contributed by atoms with Crippen LogP contribution in [0.15, 0.2) is 89.6 Å². The van der Waals surface area contributed by atoms with Crippen LogP contribution >= 0.6 is 11.8 Å². The first-order valence-corrected chi connectivity index (χ1v) is 21.1. The number of anilines is 1. The maximum atomic E-state index is 5.97. The number of rotatable bonds is 18. The van der Waals surface area contributed by atoms with Crippen molar-refractivity contribution in [1.29, 1.82) is 0 Å². The first kappa shape index (κ1) is 39.7. The van der Waals surface area contributed by atoms with Gasteiger partial charge in [0.15, 0.2) is 0 Å². The van der Waals surface area contributed by atoms with Gasteiger partial charge < -0.3 is 29.0 Å². The van der Waals surface area contributed by atoms with E-state index in [1.807, 2.05) is 18.0 Å². The molecule has 8 heteroatoms. The van der Waals surface area contributed by atoms with Gasteiger partial charge in [0.25, 0.3) is 0 Å². The summed E-state index contributed by atoms with van der Waals surface area (Å²) in [4.78, 5) is 15.0.